The minimum atomic E-state index is -2.00. The SMILES string of the molecule is Cc1cc([Si](C)(C)C)cc(-c2cc(C(C)(C)CC(C)(C)C)cc(-n3c4cc(C(C)(C)CC(C)(C)C)ccc4c4ccc(C(C)(C)CC(C)(C)C)cc43)c2O)c1OCCCOc1c(C)cc([Si](C)(C)C)cc1-c1cc(C(C)(C)CC(C)(C)C)cc(-n2c3cc(C(C)(C)CC(C)(C)C)ccc3c3ccc(C(C)(C)CC(C)(C)C)cc32)c1O. The molecule has 0 saturated heterocycles. The van der Waals surface area contributed by atoms with Crippen molar-refractivity contribution in [2.24, 2.45) is 32.5 Å². The lowest BCUT2D eigenvalue weighted by Crippen LogP contribution is -2.38. The Balaban J connectivity index is 1.15. The third-order valence-electron chi connectivity index (χ3n) is 24.4. The van der Waals surface area contributed by atoms with Crippen LogP contribution in [0.2, 0.25) is 39.3 Å². The Kier molecular flexibility index (Phi) is 24.1. The van der Waals surface area contributed by atoms with Crippen molar-refractivity contribution < 1.29 is 19.7 Å². The van der Waals surface area contributed by atoms with Crippen LogP contribution < -0.4 is 19.8 Å². The number of aromatic hydroxyl groups is 2. The number of hydrogen-bond acceptors (Lipinski definition) is 4. The number of fused-ring (bicyclic) bond motifs is 6. The van der Waals surface area contributed by atoms with E-state index >= 15 is 0 Å². The van der Waals surface area contributed by atoms with Gasteiger partial charge in [-0.1, -0.05) is 330 Å². The van der Waals surface area contributed by atoms with Crippen molar-refractivity contribution in [3.8, 4) is 56.6 Å². The number of aryl methyl sites for hydroxylation is 2. The first-order valence-electron chi connectivity index (χ1n) is 43.6. The van der Waals surface area contributed by atoms with Crippen LogP contribution in [0.5, 0.6) is 23.0 Å². The van der Waals surface area contributed by atoms with Gasteiger partial charge in [0.25, 0.3) is 0 Å². The summed E-state index contributed by atoms with van der Waals surface area (Å²) in [5, 5.41) is 35.3. The summed E-state index contributed by atoms with van der Waals surface area (Å²) in [5.41, 5.74) is 18.1. The molecule has 0 aliphatic heterocycles. The van der Waals surface area contributed by atoms with Crippen LogP contribution in [0, 0.1) is 46.3 Å². The number of benzene rings is 8. The van der Waals surface area contributed by atoms with E-state index in [1.807, 2.05) is 0 Å². The number of aromatic nitrogens is 2. The molecule has 10 aromatic rings. The fourth-order valence-corrected chi connectivity index (χ4v) is 23.6. The van der Waals surface area contributed by atoms with E-state index in [0.29, 0.717) is 19.6 Å². The first kappa shape index (κ1) is 90.3. The Morgan fingerprint density at radius 1 is 0.278 bits per heavy atom. The minimum Gasteiger partial charge on any atom is -0.505 e. The lowest BCUT2D eigenvalue weighted by Gasteiger charge is -2.34. The largest absolute Gasteiger partial charge is 0.505 e. The highest BCUT2D eigenvalue weighted by Gasteiger charge is 2.39. The van der Waals surface area contributed by atoms with E-state index in [0.717, 1.165) is 117 Å². The van der Waals surface area contributed by atoms with E-state index in [4.69, 9.17) is 9.47 Å². The van der Waals surface area contributed by atoms with E-state index in [9.17, 15) is 10.2 Å². The molecule has 6 nitrogen and oxygen atoms in total. The minimum absolute atomic E-state index is 0.00234. The summed E-state index contributed by atoms with van der Waals surface area (Å²) in [6, 6.07) is 47.4. The molecule has 624 valence electrons. The van der Waals surface area contributed by atoms with E-state index in [1.54, 1.807) is 0 Å². The molecule has 10 rings (SSSR count). The number of phenolic OH excluding ortho intramolecular Hbond substituents is 2. The average Bonchev–Trinajstić information content (AvgIpc) is 1.60. The van der Waals surface area contributed by atoms with Gasteiger partial charge in [0.05, 0.1) is 62.8 Å². The van der Waals surface area contributed by atoms with Gasteiger partial charge in [0, 0.05) is 50.2 Å². The maximum Gasteiger partial charge on any atom is 0.147 e. The third-order valence-corrected chi connectivity index (χ3v) is 28.4. The third kappa shape index (κ3) is 20.3. The smallest absolute Gasteiger partial charge is 0.147 e. The summed E-state index contributed by atoms with van der Waals surface area (Å²) < 4.78 is 19.6. The summed E-state index contributed by atoms with van der Waals surface area (Å²) >= 11 is 0. The molecule has 0 saturated carbocycles. The lowest BCUT2D eigenvalue weighted by molar-refractivity contribution is 0.247. The Morgan fingerprint density at radius 3 is 0.722 bits per heavy atom. The Hall–Kier alpha value is -7.01. The lowest BCUT2D eigenvalue weighted by atomic mass is 9.71. The quantitative estimate of drug-likeness (QED) is 0.0467. The maximum absolute atomic E-state index is 14.0. The normalized spacial score (nSPS) is 14.0. The first-order chi connectivity index (χ1) is 52.1. The van der Waals surface area contributed by atoms with Crippen LogP contribution in [0.4, 0.5) is 0 Å². The van der Waals surface area contributed by atoms with Crippen LogP contribution in [0.1, 0.15) is 297 Å². The van der Waals surface area contributed by atoms with E-state index < -0.39 is 16.1 Å². The Bertz CT molecular complexity index is 4790. The second kappa shape index (κ2) is 30.7. The predicted octanol–water partition coefficient (Wildman–Crippen LogP) is 30.5. The first-order valence-corrected chi connectivity index (χ1v) is 50.6. The molecule has 2 N–H and O–H groups in total. The van der Waals surface area contributed by atoms with Crippen LogP contribution in [0.3, 0.4) is 0 Å². The van der Waals surface area contributed by atoms with Crippen LogP contribution in [-0.2, 0) is 32.5 Å². The zero-order valence-corrected chi connectivity index (χ0v) is 81.5. The molecule has 2 heterocycles. The average molecular weight is 1590 g/mol. The number of ether oxygens (including phenoxy) is 2. The maximum atomic E-state index is 14.0. The van der Waals surface area contributed by atoms with Crippen molar-refractivity contribution in [3.63, 3.8) is 0 Å². The number of nitrogens with zero attached hydrogens (tertiary/aromatic N) is 2. The van der Waals surface area contributed by atoms with Crippen LogP contribution in [0.25, 0.3) is 77.2 Å². The monoisotopic (exact) mass is 1590 g/mol. The fourth-order valence-electron chi connectivity index (χ4n) is 21.2. The number of phenols is 2. The fraction of sp³-hybridized carbons (Fsp3) is 0.551. The highest BCUT2D eigenvalue weighted by Crippen LogP contribution is 2.53. The van der Waals surface area contributed by atoms with Gasteiger partial charge in [-0.3, -0.25) is 0 Å². The van der Waals surface area contributed by atoms with Gasteiger partial charge < -0.3 is 28.8 Å². The summed E-state index contributed by atoms with van der Waals surface area (Å²) in [6.45, 7) is 90.7. The molecule has 0 aliphatic carbocycles. The molecule has 0 aliphatic rings. The molecule has 0 bridgehead atoms. The summed E-state index contributed by atoms with van der Waals surface area (Å²) in [6.07, 6.45) is 6.45. The number of rotatable bonds is 24. The van der Waals surface area contributed by atoms with Gasteiger partial charge in [-0.25, -0.2) is 0 Å². The molecular formula is C107H154N2O4Si2. The molecule has 0 spiro atoms. The highest BCUT2D eigenvalue weighted by atomic mass is 28.3. The van der Waals surface area contributed by atoms with Gasteiger partial charge in [0.2, 0.25) is 0 Å². The van der Waals surface area contributed by atoms with Crippen molar-refractivity contribution in [3.05, 3.63) is 166 Å². The Morgan fingerprint density at radius 2 is 0.504 bits per heavy atom. The van der Waals surface area contributed by atoms with Crippen LogP contribution in [0.15, 0.2) is 121 Å². The topological polar surface area (TPSA) is 68.8 Å². The van der Waals surface area contributed by atoms with Crippen molar-refractivity contribution in [2.45, 2.75) is 338 Å². The molecule has 115 heavy (non-hydrogen) atoms. The molecular weight excluding hydrogens is 1430 g/mol. The second-order valence-corrected chi connectivity index (χ2v) is 59.2. The summed E-state index contributed by atoms with van der Waals surface area (Å²) in [5.74, 6) is 2.03. The number of hydrogen-bond donors (Lipinski definition) is 2. The van der Waals surface area contributed by atoms with Gasteiger partial charge in [0.15, 0.2) is 0 Å². The van der Waals surface area contributed by atoms with Crippen molar-refractivity contribution in [1.82, 2.24) is 9.13 Å². The zero-order valence-electron chi connectivity index (χ0n) is 79.5. The molecule has 0 unspecified atom stereocenters. The Labute approximate surface area is 700 Å². The molecule has 8 aromatic carbocycles. The molecule has 2 aromatic heterocycles. The molecule has 8 heteroatoms. The molecule has 0 amide bonds. The van der Waals surface area contributed by atoms with Crippen molar-refractivity contribution in [1.29, 1.82) is 0 Å². The van der Waals surface area contributed by atoms with Gasteiger partial charge in [-0.15, -0.1) is 0 Å². The molecule has 0 fully saturated rings. The zero-order chi connectivity index (χ0) is 86.2. The van der Waals surface area contributed by atoms with E-state index in [-0.39, 0.29) is 76.5 Å². The second-order valence-electron chi connectivity index (χ2n) is 49.0. The van der Waals surface area contributed by atoms with Gasteiger partial charge in [0.1, 0.15) is 23.0 Å². The van der Waals surface area contributed by atoms with E-state index in [2.05, 4.69) is 391 Å². The van der Waals surface area contributed by atoms with Crippen molar-refractivity contribution >= 4 is 70.1 Å². The van der Waals surface area contributed by atoms with Gasteiger partial charge in [-0.05, 0) is 210 Å². The summed E-state index contributed by atoms with van der Waals surface area (Å²) in [7, 11) is -3.99. The molecule has 0 atom stereocenters. The van der Waals surface area contributed by atoms with Crippen LogP contribution >= 0.6 is 0 Å². The predicted molar refractivity (Wildman–Crippen MR) is 509 cm³/mol. The molecule has 0 radical (unpaired) electrons. The van der Waals surface area contributed by atoms with E-state index in [1.165, 1.54) is 65.3 Å². The standard InChI is InChI=1S/C107H154N2O4Si2/c1-68-50-76(114(33,34)35)60-84(82-52-74(106(29,30)66-100(15,16)17)58-90(92(82)110)108-86-54-70(102(21,22)62-96(3,4)5)40-44-78(86)79-45-41-71(55-87(79)108)103(23,24)63-97(6,7)8)94(68)112-48-39-49-113-95-69(2)51-77(115(36,37)38)61-85(95)83-53-75(107(31,32)67-101(18,19)20)59-91(93(83)111)109-88-56-72(104(25,26)64-98(9,10)11)42-46-80(88)81-47-43-73(57-89(81)109)105(27,28)65-99(12,13)14/h40-47,50-61,110-111H,39,48-49,62-67H2,1-38H3. The van der Waals surface area contributed by atoms with Gasteiger partial charge in [-0.2, -0.15) is 0 Å². The van der Waals surface area contributed by atoms with Crippen molar-refractivity contribution in [2.75, 3.05) is 13.2 Å². The van der Waals surface area contributed by atoms with Gasteiger partial charge >= 0.3 is 0 Å². The highest BCUT2D eigenvalue weighted by molar-refractivity contribution is 6.89. The summed E-state index contributed by atoms with van der Waals surface area (Å²) in [4.78, 5) is 0. The van der Waals surface area contributed by atoms with Crippen LogP contribution in [-0.4, -0.2) is 48.7 Å².